The van der Waals surface area contributed by atoms with Crippen LogP contribution < -0.4 is 10.6 Å². The quantitative estimate of drug-likeness (QED) is 0.184. The summed E-state index contributed by atoms with van der Waals surface area (Å²) in [7, 11) is 0. The monoisotopic (exact) mass is 524 g/mol. The van der Waals surface area contributed by atoms with Gasteiger partial charge in [-0.3, -0.25) is 19.2 Å². The summed E-state index contributed by atoms with van der Waals surface area (Å²) in [6.07, 6.45) is 2.99. The van der Waals surface area contributed by atoms with Crippen molar-refractivity contribution in [2.75, 3.05) is 13.2 Å². The number of benzene rings is 2. The molecule has 8 nitrogen and oxygen atoms in total. The molecule has 8 heteroatoms. The molecule has 2 N–H and O–H groups in total. The van der Waals surface area contributed by atoms with Gasteiger partial charge in [0.05, 0.1) is 19.8 Å². The summed E-state index contributed by atoms with van der Waals surface area (Å²) in [5.41, 5.74) is 1.75. The number of hydrogen-bond acceptors (Lipinski definition) is 6. The Morgan fingerprint density at radius 1 is 0.816 bits per heavy atom. The standard InChI is InChI=1S/C30H40N2O6/c1-22(2)12-10-11-17-28(34)32-26(21-37-19-24-13-6-4-7-14-24)29(35)31-18-27(33)23(3)30(36)38-20-25-15-8-5-9-16-25/h4-9,13-16,22-23,26H,10-12,17-21H2,1-3H3,(H,31,35)(H,32,34). The highest BCUT2D eigenvalue weighted by Gasteiger charge is 2.26. The number of unbranched alkanes of at least 4 members (excludes halogenated alkanes) is 1. The smallest absolute Gasteiger partial charge is 0.316 e. The highest BCUT2D eigenvalue weighted by Crippen LogP contribution is 2.09. The molecule has 0 bridgehead atoms. The molecule has 2 aromatic carbocycles. The van der Waals surface area contributed by atoms with E-state index in [4.69, 9.17) is 9.47 Å². The lowest BCUT2D eigenvalue weighted by Crippen LogP contribution is -2.50. The second kappa shape index (κ2) is 17.1. The van der Waals surface area contributed by atoms with Gasteiger partial charge in [-0.25, -0.2) is 0 Å². The van der Waals surface area contributed by atoms with E-state index in [1.807, 2.05) is 60.7 Å². The number of esters is 1. The van der Waals surface area contributed by atoms with Gasteiger partial charge in [-0.15, -0.1) is 0 Å². The Kier molecular flexibility index (Phi) is 13.8. The van der Waals surface area contributed by atoms with Crippen LogP contribution in [0.25, 0.3) is 0 Å². The zero-order valence-electron chi connectivity index (χ0n) is 22.6. The van der Waals surface area contributed by atoms with E-state index >= 15 is 0 Å². The number of carbonyl (C=O) groups is 4. The predicted molar refractivity (Wildman–Crippen MR) is 145 cm³/mol. The summed E-state index contributed by atoms with van der Waals surface area (Å²) in [6, 6.07) is 17.7. The summed E-state index contributed by atoms with van der Waals surface area (Å²) in [5.74, 6) is -2.42. The molecule has 0 saturated carbocycles. The molecule has 0 radical (unpaired) electrons. The third kappa shape index (κ3) is 12.1. The van der Waals surface area contributed by atoms with Crippen LogP contribution in [-0.2, 0) is 41.9 Å². The summed E-state index contributed by atoms with van der Waals surface area (Å²) >= 11 is 0. The third-order valence-electron chi connectivity index (χ3n) is 5.98. The fraction of sp³-hybridized carbons (Fsp3) is 0.467. The average Bonchev–Trinajstić information content (AvgIpc) is 2.92. The lowest BCUT2D eigenvalue weighted by atomic mass is 10.1. The predicted octanol–water partition coefficient (Wildman–Crippen LogP) is 3.97. The second-order valence-electron chi connectivity index (χ2n) is 9.76. The molecule has 2 amide bonds. The second-order valence-corrected chi connectivity index (χ2v) is 9.76. The number of ketones is 1. The van der Waals surface area contributed by atoms with Gasteiger partial charge in [0, 0.05) is 6.42 Å². The van der Waals surface area contributed by atoms with Crippen LogP contribution in [0.15, 0.2) is 60.7 Å². The molecule has 2 aromatic rings. The van der Waals surface area contributed by atoms with Crippen molar-refractivity contribution in [2.24, 2.45) is 11.8 Å². The van der Waals surface area contributed by atoms with Crippen molar-refractivity contribution in [3.05, 3.63) is 71.8 Å². The fourth-order valence-corrected chi connectivity index (χ4v) is 3.59. The first-order chi connectivity index (χ1) is 18.3. The van der Waals surface area contributed by atoms with E-state index < -0.39 is 29.6 Å². The first-order valence-corrected chi connectivity index (χ1v) is 13.2. The molecule has 2 rings (SSSR count). The summed E-state index contributed by atoms with van der Waals surface area (Å²) in [6.45, 7) is 5.64. The van der Waals surface area contributed by atoms with Gasteiger partial charge in [0.1, 0.15) is 18.6 Å². The summed E-state index contributed by atoms with van der Waals surface area (Å²) in [4.78, 5) is 50.2. The first-order valence-electron chi connectivity index (χ1n) is 13.2. The van der Waals surface area contributed by atoms with Crippen LogP contribution in [0.1, 0.15) is 57.6 Å². The van der Waals surface area contributed by atoms with E-state index in [1.165, 1.54) is 6.92 Å². The minimum absolute atomic E-state index is 0.0542. The van der Waals surface area contributed by atoms with E-state index in [0.29, 0.717) is 12.3 Å². The van der Waals surface area contributed by atoms with E-state index in [1.54, 1.807) is 0 Å². The Hall–Kier alpha value is -3.52. The van der Waals surface area contributed by atoms with Crippen LogP contribution in [-0.4, -0.2) is 42.8 Å². The number of rotatable bonds is 17. The summed E-state index contributed by atoms with van der Waals surface area (Å²) in [5, 5.41) is 5.26. The molecule has 0 fully saturated rings. The number of hydrogen-bond donors (Lipinski definition) is 2. The highest BCUT2D eigenvalue weighted by atomic mass is 16.5. The van der Waals surface area contributed by atoms with Gasteiger partial charge in [-0.1, -0.05) is 87.4 Å². The summed E-state index contributed by atoms with van der Waals surface area (Å²) < 4.78 is 10.9. The minimum Gasteiger partial charge on any atom is -0.460 e. The molecular formula is C30H40N2O6. The molecule has 0 aromatic heterocycles. The number of Topliss-reactive ketones (excluding diaryl/α,β-unsaturated/α-hetero) is 1. The largest absolute Gasteiger partial charge is 0.460 e. The molecule has 0 saturated heterocycles. The number of carbonyl (C=O) groups excluding carboxylic acids is 4. The molecule has 38 heavy (non-hydrogen) atoms. The zero-order chi connectivity index (χ0) is 27.8. The van der Waals surface area contributed by atoms with Crippen LogP contribution in [0.4, 0.5) is 0 Å². The molecule has 0 aliphatic heterocycles. The Bertz CT molecular complexity index is 1010. The van der Waals surface area contributed by atoms with Crippen molar-refractivity contribution in [2.45, 2.75) is 65.7 Å². The van der Waals surface area contributed by atoms with Crippen LogP contribution in [0.2, 0.25) is 0 Å². The van der Waals surface area contributed by atoms with Crippen molar-refractivity contribution in [3.63, 3.8) is 0 Å². The van der Waals surface area contributed by atoms with Gasteiger partial charge in [-0.05, 0) is 30.4 Å². The molecule has 206 valence electrons. The Morgan fingerprint density at radius 3 is 2.03 bits per heavy atom. The topological polar surface area (TPSA) is 111 Å². The van der Waals surface area contributed by atoms with Crippen molar-refractivity contribution in [1.29, 1.82) is 0 Å². The number of ether oxygens (including phenoxy) is 2. The zero-order valence-corrected chi connectivity index (χ0v) is 22.6. The number of nitrogens with one attached hydrogen (secondary N) is 2. The van der Waals surface area contributed by atoms with E-state index in [9.17, 15) is 19.2 Å². The first kappa shape index (κ1) is 30.7. The molecule has 2 atom stereocenters. The van der Waals surface area contributed by atoms with Crippen molar-refractivity contribution < 1.29 is 28.7 Å². The van der Waals surface area contributed by atoms with Crippen LogP contribution in [0.3, 0.4) is 0 Å². The van der Waals surface area contributed by atoms with E-state index in [0.717, 1.165) is 30.4 Å². The molecule has 2 unspecified atom stereocenters. The van der Waals surface area contributed by atoms with Crippen molar-refractivity contribution in [3.8, 4) is 0 Å². The third-order valence-corrected chi connectivity index (χ3v) is 5.98. The maximum atomic E-state index is 12.9. The minimum atomic E-state index is -1.04. The highest BCUT2D eigenvalue weighted by molar-refractivity contribution is 6.01. The van der Waals surface area contributed by atoms with Crippen LogP contribution in [0.5, 0.6) is 0 Å². The maximum Gasteiger partial charge on any atom is 0.316 e. The van der Waals surface area contributed by atoms with E-state index in [2.05, 4.69) is 24.5 Å². The lowest BCUT2D eigenvalue weighted by molar-refractivity contribution is -0.152. The molecular weight excluding hydrogens is 484 g/mol. The van der Waals surface area contributed by atoms with Crippen LogP contribution >= 0.6 is 0 Å². The molecule has 0 aliphatic carbocycles. The van der Waals surface area contributed by atoms with Crippen molar-refractivity contribution in [1.82, 2.24) is 10.6 Å². The fourth-order valence-electron chi connectivity index (χ4n) is 3.59. The average molecular weight is 525 g/mol. The van der Waals surface area contributed by atoms with Gasteiger partial charge in [-0.2, -0.15) is 0 Å². The SMILES string of the molecule is CC(C)CCCCC(=O)NC(COCc1ccccc1)C(=O)NCC(=O)C(C)C(=O)OCc1ccccc1. The van der Waals surface area contributed by atoms with Gasteiger partial charge in [0.15, 0.2) is 5.78 Å². The molecule has 0 aliphatic rings. The van der Waals surface area contributed by atoms with Gasteiger partial charge in [0.25, 0.3) is 0 Å². The number of amides is 2. The Balaban J connectivity index is 1.86. The molecule has 0 spiro atoms. The van der Waals surface area contributed by atoms with Crippen LogP contribution in [0, 0.1) is 11.8 Å². The van der Waals surface area contributed by atoms with E-state index in [-0.39, 0.29) is 32.3 Å². The normalized spacial score (nSPS) is 12.4. The molecule has 0 heterocycles. The van der Waals surface area contributed by atoms with Crippen molar-refractivity contribution >= 4 is 23.6 Å². The van der Waals surface area contributed by atoms with Gasteiger partial charge < -0.3 is 20.1 Å². The van der Waals surface area contributed by atoms with Gasteiger partial charge in [0.2, 0.25) is 11.8 Å². The Labute approximate surface area is 225 Å². The lowest BCUT2D eigenvalue weighted by Gasteiger charge is -2.19. The Morgan fingerprint density at radius 2 is 1.42 bits per heavy atom. The maximum absolute atomic E-state index is 12.9. The van der Waals surface area contributed by atoms with Gasteiger partial charge >= 0.3 is 5.97 Å².